The predicted molar refractivity (Wildman–Crippen MR) is 68.5 cm³/mol. The fraction of sp³-hybridized carbons (Fsp3) is 0.286. The number of nitrogens with two attached hydrogens (primary N) is 1. The van der Waals surface area contributed by atoms with Crippen molar-refractivity contribution in [3.63, 3.8) is 0 Å². The monoisotopic (exact) mass is 225 g/mol. The van der Waals surface area contributed by atoms with Gasteiger partial charge in [-0.1, -0.05) is 30.7 Å². The van der Waals surface area contributed by atoms with Crippen molar-refractivity contribution in [3.05, 3.63) is 42.2 Å². The van der Waals surface area contributed by atoms with Crippen LogP contribution in [0.15, 0.2) is 36.7 Å². The van der Waals surface area contributed by atoms with Gasteiger partial charge < -0.3 is 5.73 Å². The fourth-order valence-electron chi connectivity index (χ4n) is 2.20. The lowest BCUT2D eigenvalue weighted by Gasteiger charge is -2.26. The molecule has 0 unspecified atom stereocenters. The van der Waals surface area contributed by atoms with Crippen molar-refractivity contribution in [2.24, 2.45) is 0 Å². The van der Waals surface area contributed by atoms with Gasteiger partial charge in [0.25, 0.3) is 0 Å². The van der Waals surface area contributed by atoms with Crippen molar-refractivity contribution in [2.45, 2.75) is 25.2 Å². The average molecular weight is 225 g/mol. The maximum Gasteiger partial charge on any atom is 0.219 e. The van der Waals surface area contributed by atoms with Crippen LogP contribution in [0.1, 0.15) is 30.7 Å². The Bertz CT molecular complexity index is 515. The van der Waals surface area contributed by atoms with Crippen LogP contribution in [-0.2, 0) is 0 Å². The van der Waals surface area contributed by atoms with Crippen molar-refractivity contribution < 1.29 is 0 Å². The Balaban J connectivity index is 1.94. The number of hydrogen-bond donors (Lipinski definition) is 1. The molecule has 1 aromatic heterocycles. The van der Waals surface area contributed by atoms with E-state index in [1.165, 1.54) is 30.4 Å². The maximum atomic E-state index is 5.49. The van der Waals surface area contributed by atoms with Crippen LogP contribution in [0.5, 0.6) is 0 Å². The molecule has 0 spiro atoms. The average Bonchev–Trinajstić information content (AvgIpc) is 2.28. The summed E-state index contributed by atoms with van der Waals surface area (Å²) < 4.78 is 0. The van der Waals surface area contributed by atoms with Gasteiger partial charge in [-0.2, -0.15) is 0 Å². The largest absolute Gasteiger partial charge is 0.368 e. The molecule has 1 aliphatic carbocycles. The standard InChI is InChI=1S/C14H15N3/c15-14-16-8-13(9-17-14)12-6-2-5-11(7-12)10-3-1-4-10/h2,5-10H,1,3-4H2,(H2,15,16,17). The van der Waals surface area contributed by atoms with Crippen molar-refractivity contribution in [1.82, 2.24) is 9.97 Å². The van der Waals surface area contributed by atoms with Gasteiger partial charge in [-0.25, -0.2) is 9.97 Å². The molecule has 1 fully saturated rings. The third kappa shape index (κ3) is 2.00. The molecule has 86 valence electrons. The van der Waals surface area contributed by atoms with Gasteiger partial charge in [0, 0.05) is 18.0 Å². The smallest absolute Gasteiger partial charge is 0.219 e. The van der Waals surface area contributed by atoms with Gasteiger partial charge in [-0.3, -0.25) is 0 Å². The molecule has 0 bridgehead atoms. The van der Waals surface area contributed by atoms with Gasteiger partial charge in [0.15, 0.2) is 0 Å². The Labute approximate surface area is 101 Å². The minimum Gasteiger partial charge on any atom is -0.368 e. The SMILES string of the molecule is Nc1ncc(-c2cccc(C3CCC3)c2)cn1. The van der Waals surface area contributed by atoms with E-state index in [4.69, 9.17) is 5.73 Å². The van der Waals surface area contributed by atoms with Gasteiger partial charge in [0.2, 0.25) is 5.95 Å². The first-order valence-electron chi connectivity index (χ1n) is 6.01. The van der Waals surface area contributed by atoms with E-state index in [1.807, 2.05) is 0 Å². The summed E-state index contributed by atoms with van der Waals surface area (Å²) in [5, 5.41) is 0. The number of nitrogen functional groups attached to an aromatic ring is 1. The lowest BCUT2D eigenvalue weighted by molar-refractivity contribution is 0.420. The molecule has 0 atom stereocenters. The number of benzene rings is 1. The Morgan fingerprint density at radius 2 is 1.82 bits per heavy atom. The summed E-state index contributed by atoms with van der Waals surface area (Å²) in [5.41, 5.74) is 9.13. The van der Waals surface area contributed by atoms with Gasteiger partial charge in [-0.15, -0.1) is 0 Å². The molecule has 3 heteroatoms. The van der Waals surface area contributed by atoms with Crippen LogP contribution in [-0.4, -0.2) is 9.97 Å². The first kappa shape index (κ1) is 10.3. The minimum atomic E-state index is 0.323. The summed E-state index contributed by atoms with van der Waals surface area (Å²) in [5.74, 6) is 1.08. The van der Waals surface area contributed by atoms with E-state index in [2.05, 4.69) is 34.2 Å². The molecular formula is C14H15N3. The van der Waals surface area contributed by atoms with E-state index in [9.17, 15) is 0 Å². The Morgan fingerprint density at radius 1 is 1.06 bits per heavy atom. The Hall–Kier alpha value is -1.90. The highest BCUT2D eigenvalue weighted by atomic mass is 15.0. The lowest BCUT2D eigenvalue weighted by atomic mass is 9.79. The van der Waals surface area contributed by atoms with Crippen molar-refractivity contribution in [2.75, 3.05) is 5.73 Å². The van der Waals surface area contributed by atoms with Gasteiger partial charge in [-0.05, 0) is 29.9 Å². The third-order valence-corrected chi connectivity index (χ3v) is 3.47. The van der Waals surface area contributed by atoms with Gasteiger partial charge >= 0.3 is 0 Å². The topological polar surface area (TPSA) is 51.8 Å². The predicted octanol–water partition coefficient (Wildman–Crippen LogP) is 2.99. The van der Waals surface area contributed by atoms with Crippen molar-refractivity contribution in [3.8, 4) is 11.1 Å². The molecular weight excluding hydrogens is 210 g/mol. The van der Waals surface area contributed by atoms with E-state index < -0.39 is 0 Å². The van der Waals surface area contributed by atoms with E-state index in [-0.39, 0.29) is 0 Å². The molecule has 0 aliphatic heterocycles. The minimum absolute atomic E-state index is 0.323. The van der Waals surface area contributed by atoms with Gasteiger partial charge in [0.05, 0.1) is 0 Å². The van der Waals surface area contributed by atoms with Crippen LogP contribution in [0, 0.1) is 0 Å². The Morgan fingerprint density at radius 3 is 2.47 bits per heavy atom. The second-order valence-corrected chi connectivity index (χ2v) is 4.58. The summed E-state index contributed by atoms with van der Waals surface area (Å²) in [6.45, 7) is 0. The molecule has 1 saturated carbocycles. The summed E-state index contributed by atoms with van der Waals surface area (Å²) >= 11 is 0. The number of rotatable bonds is 2. The van der Waals surface area contributed by atoms with E-state index in [1.54, 1.807) is 12.4 Å². The first-order valence-corrected chi connectivity index (χ1v) is 6.01. The van der Waals surface area contributed by atoms with Crippen LogP contribution in [0.3, 0.4) is 0 Å². The molecule has 3 rings (SSSR count). The fourth-order valence-corrected chi connectivity index (χ4v) is 2.20. The van der Waals surface area contributed by atoms with Crippen molar-refractivity contribution in [1.29, 1.82) is 0 Å². The summed E-state index contributed by atoms with van der Waals surface area (Å²) in [6.07, 6.45) is 7.56. The molecule has 1 aromatic carbocycles. The maximum absolute atomic E-state index is 5.49. The highest BCUT2D eigenvalue weighted by molar-refractivity contribution is 5.63. The van der Waals surface area contributed by atoms with Crippen LogP contribution < -0.4 is 5.73 Å². The second kappa shape index (κ2) is 4.17. The molecule has 2 aromatic rings. The molecule has 0 radical (unpaired) electrons. The molecule has 3 nitrogen and oxygen atoms in total. The molecule has 1 heterocycles. The van der Waals surface area contributed by atoms with E-state index >= 15 is 0 Å². The number of nitrogens with zero attached hydrogens (tertiary/aromatic N) is 2. The van der Waals surface area contributed by atoms with E-state index in [0.717, 1.165) is 11.5 Å². The molecule has 1 aliphatic rings. The van der Waals surface area contributed by atoms with Crippen LogP contribution in [0.2, 0.25) is 0 Å². The number of aromatic nitrogens is 2. The molecule has 2 N–H and O–H groups in total. The summed E-state index contributed by atoms with van der Waals surface area (Å²) in [6, 6.07) is 8.67. The van der Waals surface area contributed by atoms with Gasteiger partial charge in [0.1, 0.15) is 0 Å². The summed E-state index contributed by atoms with van der Waals surface area (Å²) in [7, 11) is 0. The van der Waals surface area contributed by atoms with Crippen LogP contribution in [0.4, 0.5) is 5.95 Å². The lowest BCUT2D eigenvalue weighted by Crippen LogP contribution is -2.08. The zero-order valence-corrected chi connectivity index (χ0v) is 9.63. The highest BCUT2D eigenvalue weighted by Gasteiger charge is 2.19. The second-order valence-electron chi connectivity index (χ2n) is 4.58. The summed E-state index contributed by atoms with van der Waals surface area (Å²) in [4.78, 5) is 8.06. The zero-order chi connectivity index (χ0) is 11.7. The highest BCUT2D eigenvalue weighted by Crippen LogP contribution is 2.37. The molecule has 0 amide bonds. The quantitative estimate of drug-likeness (QED) is 0.854. The molecule has 17 heavy (non-hydrogen) atoms. The normalized spacial score (nSPS) is 15.5. The van der Waals surface area contributed by atoms with Crippen LogP contribution >= 0.6 is 0 Å². The number of hydrogen-bond acceptors (Lipinski definition) is 3. The van der Waals surface area contributed by atoms with Crippen molar-refractivity contribution >= 4 is 5.95 Å². The zero-order valence-electron chi connectivity index (χ0n) is 9.63. The number of anilines is 1. The van der Waals surface area contributed by atoms with E-state index in [0.29, 0.717) is 5.95 Å². The first-order chi connectivity index (χ1) is 8.33. The Kier molecular flexibility index (Phi) is 2.52. The molecule has 0 saturated heterocycles. The van der Waals surface area contributed by atoms with Crippen LogP contribution in [0.25, 0.3) is 11.1 Å². The third-order valence-electron chi connectivity index (χ3n) is 3.47.